The van der Waals surface area contributed by atoms with Gasteiger partial charge in [0.15, 0.2) is 0 Å². The van der Waals surface area contributed by atoms with Gasteiger partial charge in [-0.15, -0.1) is 0 Å². The fourth-order valence-electron chi connectivity index (χ4n) is 3.08. The lowest BCUT2D eigenvalue weighted by Gasteiger charge is -2.31. The van der Waals surface area contributed by atoms with Crippen LogP contribution in [0.4, 0.5) is 10.6 Å². The smallest absolute Gasteiger partial charge is 0.322 e. The quantitative estimate of drug-likeness (QED) is 0.903. The van der Waals surface area contributed by atoms with Crippen LogP contribution >= 0.6 is 11.3 Å². The fraction of sp³-hybridized carbons (Fsp3) is 0.529. The molecule has 130 valence electrons. The Labute approximate surface area is 146 Å². The summed E-state index contributed by atoms with van der Waals surface area (Å²) in [6.45, 7) is 2.21. The van der Waals surface area contributed by atoms with Crippen molar-refractivity contribution < 1.29 is 9.53 Å². The van der Waals surface area contributed by atoms with E-state index < -0.39 is 0 Å². The van der Waals surface area contributed by atoms with Crippen LogP contribution in [0.25, 0.3) is 0 Å². The third-order valence-electron chi connectivity index (χ3n) is 4.52. The van der Waals surface area contributed by atoms with Crippen LogP contribution in [0.3, 0.4) is 0 Å². The van der Waals surface area contributed by atoms with Gasteiger partial charge in [-0.25, -0.2) is 4.79 Å². The van der Waals surface area contributed by atoms with Gasteiger partial charge in [0, 0.05) is 39.7 Å². The summed E-state index contributed by atoms with van der Waals surface area (Å²) in [5.74, 6) is 1.31. The number of carbonyl (C=O) groups excluding carboxylic acids is 1. The van der Waals surface area contributed by atoms with Gasteiger partial charge in [0.05, 0.1) is 12.3 Å². The first-order valence-corrected chi connectivity index (χ1v) is 9.21. The summed E-state index contributed by atoms with van der Waals surface area (Å²) in [7, 11) is 3.51. The van der Waals surface area contributed by atoms with Crippen LogP contribution in [-0.4, -0.2) is 47.5 Å². The molecule has 1 N–H and O–H groups in total. The zero-order chi connectivity index (χ0) is 16.9. The Kier molecular flexibility index (Phi) is 5.52. The molecule has 6 nitrogen and oxygen atoms in total. The van der Waals surface area contributed by atoms with Crippen LogP contribution in [0.1, 0.15) is 30.0 Å². The third-order valence-corrected chi connectivity index (χ3v) is 5.23. The van der Waals surface area contributed by atoms with Gasteiger partial charge in [0.2, 0.25) is 0 Å². The van der Waals surface area contributed by atoms with Crippen molar-refractivity contribution in [2.24, 2.45) is 7.05 Å². The van der Waals surface area contributed by atoms with Crippen molar-refractivity contribution in [1.29, 1.82) is 0 Å². The molecule has 2 amide bonds. The molecule has 1 aliphatic heterocycles. The lowest BCUT2D eigenvalue weighted by Crippen LogP contribution is -2.40. The molecule has 24 heavy (non-hydrogen) atoms. The number of urea groups is 1. The Balaban J connectivity index is 1.53. The first kappa shape index (κ1) is 17.0. The normalized spacial score (nSPS) is 15.7. The first-order chi connectivity index (χ1) is 11.7. The zero-order valence-electron chi connectivity index (χ0n) is 14.2. The van der Waals surface area contributed by atoms with Crippen molar-refractivity contribution in [3.8, 4) is 0 Å². The van der Waals surface area contributed by atoms with Crippen molar-refractivity contribution in [1.82, 2.24) is 14.7 Å². The summed E-state index contributed by atoms with van der Waals surface area (Å²) in [4.78, 5) is 14.4. The average Bonchev–Trinajstić information content (AvgIpc) is 3.24. The maximum atomic E-state index is 12.5. The predicted octanol–water partition coefficient (Wildman–Crippen LogP) is 3.08. The van der Waals surface area contributed by atoms with Crippen LogP contribution < -0.4 is 5.32 Å². The molecule has 0 bridgehead atoms. The zero-order valence-corrected chi connectivity index (χ0v) is 15.0. The molecule has 3 rings (SSSR count). The van der Waals surface area contributed by atoms with E-state index in [-0.39, 0.29) is 6.03 Å². The standard InChI is InChI=1S/C17H24N4O2S/c1-20-16(11-15(19-20)5-9-23-2)18-17(22)21-7-3-13(4-8-21)14-6-10-24-12-14/h6,10-13H,3-5,7-9H2,1-2H3,(H,18,22). The molecular weight excluding hydrogens is 324 g/mol. The molecule has 0 unspecified atom stereocenters. The second-order valence-corrected chi connectivity index (χ2v) is 6.92. The van der Waals surface area contributed by atoms with E-state index in [9.17, 15) is 4.79 Å². The molecule has 0 saturated carbocycles. The lowest BCUT2D eigenvalue weighted by molar-refractivity contribution is 0.194. The molecule has 0 radical (unpaired) electrons. The van der Waals surface area contributed by atoms with E-state index in [1.54, 1.807) is 23.1 Å². The number of aryl methyl sites for hydroxylation is 1. The fourth-order valence-corrected chi connectivity index (χ4v) is 3.83. The molecule has 0 aromatic carbocycles. The van der Waals surface area contributed by atoms with Crippen LogP contribution in [0.5, 0.6) is 0 Å². The molecular formula is C17H24N4O2S. The SMILES string of the molecule is COCCc1cc(NC(=O)N2CCC(c3ccsc3)CC2)n(C)n1. The Morgan fingerprint density at radius 1 is 1.46 bits per heavy atom. The highest BCUT2D eigenvalue weighted by molar-refractivity contribution is 7.07. The van der Waals surface area contributed by atoms with Crippen molar-refractivity contribution in [2.45, 2.75) is 25.2 Å². The van der Waals surface area contributed by atoms with Crippen molar-refractivity contribution in [3.05, 3.63) is 34.2 Å². The van der Waals surface area contributed by atoms with Gasteiger partial charge in [0.25, 0.3) is 0 Å². The molecule has 0 aliphatic carbocycles. The van der Waals surface area contributed by atoms with Crippen molar-refractivity contribution >= 4 is 23.2 Å². The molecule has 1 aliphatic rings. The minimum atomic E-state index is -0.0416. The van der Waals surface area contributed by atoms with Crippen molar-refractivity contribution in [3.63, 3.8) is 0 Å². The third kappa shape index (κ3) is 3.96. The van der Waals surface area contributed by atoms with E-state index in [2.05, 4.69) is 27.2 Å². The minimum Gasteiger partial charge on any atom is -0.384 e. The number of rotatable bonds is 5. The molecule has 0 atom stereocenters. The lowest BCUT2D eigenvalue weighted by atomic mass is 9.91. The van der Waals surface area contributed by atoms with Gasteiger partial charge in [0.1, 0.15) is 5.82 Å². The van der Waals surface area contributed by atoms with E-state index >= 15 is 0 Å². The number of hydrogen-bond acceptors (Lipinski definition) is 4. The number of aromatic nitrogens is 2. The predicted molar refractivity (Wildman–Crippen MR) is 95.7 cm³/mol. The molecule has 3 heterocycles. The second-order valence-electron chi connectivity index (χ2n) is 6.14. The van der Waals surface area contributed by atoms with Crippen LogP contribution in [-0.2, 0) is 18.2 Å². The summed E-state index contributed by atoms with van der Waals surface area (Å²) in [5.41, 5.74) is 2.33. The molecule has 1 saturated heterocycles. The number of likely N-dealkylation sites (tertiary alicyclic amines) is 1. The Hall–Kier alpha value is -1.86. The minimum absolute atomic E-state index is 0.0416. The van der Waals surface area contributed by atoms with E-state index in [0.29, 0.717) is 12.5 Å². The Morgan fingerprint density at radius 3 is 2.92 bits per heavy atom. The molecule has 0 spiro atoms. The van der Waals surface area contributed by atoms with Gasteiger partial charge >= 0.3 is 6.03 Å². The number of methoxy groups -OCH3 is 1. The second kappa shape index (κ2) is 7.81. The summed E-state index contributed by atoms with van der Waals surface area (Å²) >= 11 is 1.74. The molecule has 2 aromatic heterocycles. The number of thiophene rings is 1. The molecule has 1 fully saturated rings. The number of anilines is 1. The van der Waals surface area contributed by atoms with Crippen LogP contribution in [0, 0.1) is 0 Å². The van der Waals surface area contributed by atoms with Gasteiger partial charge in [-0.1, -0.05) is 0 Å². The topological polar surface area (TPSA) is 59.4 Å². The number of amides is 2. The number of ether oxygens (including phenoxy) is 1. The largest absolute Gasteiger partial charge is 0.384 e. The van der Waals surface area contributed by atoms with E-state index in [1.807, 2.05) is 18.0 Å². The number of nitrogens with zero attached hydrogens (tertiary/aromatic N) is 3. The Bertz CT molecular complexity index is 660. The maximum Gasteiger partial charge on any atom is 0.322 e. The van der Waals surface area contributed by atoms with Crippen LogP contribution in [0.2, 0.25) is 0 Å². The summed E-state index contributed by atoms with van der Waals surface area (Å²) in [6.07, 6.45) is 2.79. The average molecular weight is 348 g/mol. The molecule has 2 aromatic rings. The van der Waals surface area contributed by atoms with E-state index in [1.165, 1.54) is 5.56 Å². The van der Waals surface area contributed by atoms with Gasteiger partial charge in [-0.2, -0.15) is 16.4 Å². The van der Waals surface area contributed by atoms with E-state index in [0.717, 1.165) is 43.9 Å². The number of hydrogen-bond donors (Lipinski definition) is 1. The highest BCUT2D eigenvalue weighted by Gasteiger charge is 2.24. The van der Waals surface area contributed by atoms with Gasteiger partial charge in [-0.3, -0.25) is 10.00 Å². The van der Waals surface area contributed by atoms with Crippen molar-refractivity contribution in [2.75, 3.05) is 32.1 Å². The highest BCUT2D eigenvalue weighted by atomic mass is 32.1. The Morgan fingerprint density at radius 2 is 2.25 bits per heavy atom. The van der Waals surface area contributed by atoms with E-state index in [4.69, 9.17) is 4.74 Å². The summed E-state index contributed by atoms with van der Waals surface area (Å²) in [6, 6.07) is 4.07. The number of nitrogens with one attached hydrogen (secondary N) is 1. The monoisotopic (exact) mass is 348 g/mol. The van der Waals surface area contributed by atoms with Crippen LogP contribution in [0.15, 0.2) is 22.9 Å². The maximum absolute atomic E-state index is 12.5. The number of piperidine rings is 1. The molecule has 7 heteroatoms. The number of carbonyl (C=O) groups is 1. The van der Waals surface area contributed by atoms with Gasteiger partial charge < -0.3 is 9.64 Å². The first-order valence-electron chi connectivity index (χ1n) is 8.27. The summed E-state index contributed by atoms with van der Waals surface area (Å²) in [5, 5.41) is 11.7. The summed E-state index contributed by atoms with van der Waals surface area (Å²) < 4.78 is 6.78. The van der Waals surface area contributed by atoms with Gasteiger partial charge in [-0.05, 0) is 41.1 Å². The highest BCUT2D eigenvalue weighted by Crippen LogP contribution is 2.29.